The van der Waals surface area contributed by atoms with Crippen molar-refractivity contribution >= 4 is 17.7 Å². The van der Waals surface area contributed by atoms with Gasteiger partial charge in [-0.3, -0.25) is 4.79 Å². The number of rotatable bonds is 3. The minimum atomic E-state index is 0.188. The number of carbonyl (C=O) groups is 1. The molecule has 1 N–H and O–H groups in total. The maximum absolute atomic E-state index is 11.5. The van der Waals surface area contributed by atoms with Crippen molar-refractivity contribution in [1.29, 1.82) is 0 Å². The second-order valence-corrected chi connectivity index (χ2v) is 6.75. The standard InChI is InChI=1S/C11H21NOS/c1-11(2,3)14-8-10(13)12-9-6-4-5-7-9/h9H,4-8H2,1-3H3,(H,12,13). The van der Waals surface area contributed by atoms with Gasteiger partial charge >= 0.3 is 0 Å². The molecule has 14 heavy (non-hydrogen) atoms. The lowest BCUT2D eigenvalue weighted by Gasteiger charge is -2.18. The first-order chi connectivity index (χ1) is 6.47. The van der Waals surface area contributed by atoms with E-state index in [2.05, 4.69) is 26.1 Å². The molecule has 0 aliphatic heterocycles. The zero-order valence-corrected chi connectivity index (χ0v) is 10.2. The van der Waals surface area contributed by atoms with Crippen LogP contribution in [0.2, 0.25) is 0 Å². The van der Waals surface area contributed by atoms with Crippen molar-refractivity contribution in [2.45, 2.75) is 57.2 Å². The zero-order valence-electron chi connectivity index (χ0n) is 9.43. The summed E-state index contributed by atoms with van der Waals surface area (Å²) < 4.78 is 0.188. The van der Waals surface area contributed by atoms with Crippen LogP contribution in [0, 0.1) is 0 Å². The molecule has 0 heterocycles. The lowest BCUT2D eigenvalue weighted by molar-refractivity contribution is -0.119. The summed E-state index contributed by atoms with van der Waals surface area (Å²) in [7, 11) is 0. The normalized spacial score (nSPS) is 18.5. The summed E-state index contributed by atoms with van der Waals surface area (Å²) in [5, 5.41) is 3.09. The molecular weight excluding hydrogens is 194 g/mol. The molecule has 0 spiro atoms. The number of carbonyl (C=O) groups excluding carboxylic acids is 1. The van der Waals surface area contributed by atoms with Crippen LogP contribution < -0.4 is 5.32 Å². The van der Waals surface area contributed by atoms with Crippen molar-refractivity contribution in [2.24, 2.45) is 0 Å². The van der Waals surface area contributed by atoms with Gasteiger partial charge in [0.1, 0.15) is 0 Å². The topological polar surface area (TPSA) is 29.1 Å². The van der Waals surface area contributed by atoms with Crippen molar-refractivity contribution < 1.29 is 4.79 Å². The average Bonchev–Trinajstić information content (AvgIpc) is 2.52. The summed E-state index contributed by atoms with van der Waals surface area (Å²) in [5.41, 5.74) is 0. The van der Waals surface area contributed by atoms with E-state index in [1.165, 1.54) is 25.7 Å². The zero-order chi connectivity index (χ0) is 10.6. The van der Waals surface area contributed by atoms with Crippen LogP contribution in [-0.4, -0.2) is 22.4 Å². The third kappa shape index (κ3) is 4.89. The maximum atomic E-state index is 11.5. The Bertz CT molecular complexity index is 192. The van der Waals surface area contributed by atoms with Crippen LogP contribution in [-0.2, 0) is 4.79 Å². The monoisotopic (exact) mass is 215 g/mol. The van der Waals surface area contributed by atoms with Crippen LogP contribution >= 0.6 is 11.8 Å². The molecule has 0 aromatic heterocycles. The number of nitrogens with one attached hydrogen (secondary N) is 1. The molecule has 0 unspecified atom stereocenters. The first-order valence-corrected chi connectivity index (χ1v) is 6.39. The molecule has 0 aromatic carbocycles. The molecule has 0 aromatic rings. The quantitative estimate of drug-likeness (QED) is 0.784. The van der Waals surface area contributed by atoms with Gasteiger partial charge in [0.15, 0.2) is 0 Å². The van der Waals surface area contributed by atoms with E-state index >= 15 is 0 Å². The van der Waals surface area contributed by atoms with Gasteiger partial charge in [0.2, 0.25) is 5.91 Å². The first kappa shape index (κ1) is 11.9. The van der Waals surface area contributed by atoms with Gasteiger partial charge in [0.05, 0.1) is 5.75 Å². The molecule has 1 fully saturated rings. The second-order valence-electron chi connectivity index (χ2n) is 4.95. The Hall–Kier alpha value is -0.180. The van der Waals surface area contributed by atoms with Crippen LogP contribution in [0.4, 0.5) is 0 Å². The SMILES string of the molecule is CC(C)(C)SCC(=O)NC1CCCC1. The summed E-state index contributed by atoms with van der Waals surface area (Å²) >= 11 is 1.71. The van der Waals surface area contributed by atoms with Gasteiger partial charge in [-0.05, 0) is 12.8 Å². The number of amides is 1. The molecule has 0 saturated heterocycles. The lowest BCUT2D eigenvalue weighted by atomic mass is 10.2. The van der Waals surface area contributed by atoms with Crippen molar-refractivity contribution in [1.82, 2.24) is 5.32 Å². The van der Waals surface area contributed by atoms with Crippen molar-refractivity contribution in [2.75, 3.05) is 5.75 Å². The van der Waals surface area contributed by atoms with Crippen molar-refractivity contribution in [3.05, 3.63) is 0 Å². The number of thioether (sulfide) groups is 1. The highest BCUT2D eigenvalue weighted by Gasteiger charge is 2.18. The van der Waals surface area contributed by atoms with Crippen LogP contribution in [0.5, 0.6) is 0 Å². The molecule has 0 bridgehead atoms. The molecule has 1 aliphatic rings. The van der Waals surface area contributed by atoms with Crippen LogP contribution in [0.25, 0.3) is 0 Å². The Kier molecular flexibility index (Phi) is 4.30. The molecule has 1 aliphatic carbocycles. The van der Waals surface area contributed by atoms with E-state index in [1.54, 1.807) is 11.8 Å². The highest BCUT2D eigenvalue weighted by atomic mass is 32.2. The first-order valence-electron chi connectivity index (χ1n) is 5.41. The Labute approximate surface area is 91.2 Å². The lowest BCUT2D eigenvalue weighted by Crippen LogP contribution is -2.34. The van der Waals surface area contributed by atoms with E-state index in [9.17, 15) is 4.79 Å². The number of hydrogen-bond acceptors (Lipinski definition) is 2. The fraction of sp³-hybridized carbons (Fsp3) is 0.909. The Morgan fingerprint density at radius 2 is 1.93 bits per heavy atom. The van der Waals surface area contributed by atoms with Crippen LogP contribution in [0.1, 0.15) is 46.5 Å². The van der Waals surface area contributed by atoms with Crippen molar-refractivity contribution in [3.8, 4) is 0 Å². The fourth-order valence-corrected chi connectivity index (χ4v) is 2.27. The van der Waals surface area contributed by atoms with Gasteiger partial charge in [0.25, 0.3) is 0 Å². The molecule has 0 radical (unpaired) electrons. The van der Waals surface area contributed by atoms with E-state index in [4.69, 9.17) is 0 Å². The van der Waals surface area contributed by atoms with Crippen molar-refractivity contribution in [3.63, 3.8) is 0 Å². The van der Waals surface area contributed by atoms with Crippen LogP contribution in [0.15, 0.2) is 0 Å². The Morgan fingerprint density at radius 3 is 2.43 bits per heavy atom. The van der Waals surface area contributed by atoms with Gasteiger partial charge in [-0.25, -0.2) is 0 Å². The summed E-state index contributed by atoms with van der Waals surface area (Å²) in [5.74, 6) is 0.803. The predicted octanol–water partition coefficient (Wildman–Crippen LogP) is 2.58. The van der Waals surface area contributed by atoms with Gasteiger partial charge in [-0.1, -0.05) is 33.6 Å². The highest BCUT2D eigenvalue weighted by molar-refractivity contribution is 8.01. The molecule has 3 heteroatoms. The largest absolute Gasteiger partial charge is 0.353 e. The molecule has 1 saturated carbocycles. The Balaban J connectivity index is 2.15. The summed E-state index contributed by atoms with van der Waals surface area (Å²) in [6.45, 7) is 6.42. The molecular formula is C11H21NOS. The molecule has 1 rings (SSSR count). The molecule has 1 amide bonds. The minimum absolute atomic E-state index is 0.188. The minimum Gasteiger partial charge on any atom is -0.353 e. The van der Waals surface area contributed by atoms with E-state index in [1.807, 2.05) is 0 Å². The average molecular weight is 215 g/mol. The van der Waals surface area contributed by atoms with Gasteiger partial charge in [0, 0.05) is 10.8 Å². The van der Waals surface area contributed by atoms with E-state index in [0.29, 0.717) is 11.8 Å². The number of hydrogen-bond donors (Lipinski definition) is 1. The molecule has 0 atom stereocenters. The van der Waals surface area contributed by atoms with Gasteiger partial charge in [-0.15, -0.1) is 11.8 Å². The second kappa shape index (κ2) is 5.06. The summed E-state index contributed by atoms with van der Waals surface area (Å²) in [6, 6.07) is 0.461. The summed E-state index contributed by atoms with van der Waals surface area (Å²) in [4.78, 5) is 11.5. The third-order valence-corrected chi connectivity index (χ3v) is 3.63. The fourth-order valence-electron chi connectivity index (χ4n) is 1.62. The highest BCUT2D eigenvalue weighted by Crippen LogP contribution is 2.23. The third-order valence-electron chi connectivity index (χ3n) is 2.36. The maximum Gasteiger partial charge on any atom is 0.230 e. The Morgan fingerprint density at radius 1 is 1.36 bits per heavy atom. The van der Waals surface area contributed by atoms with Gasteiger partial charge < -0.3 is 5.32 Å². The molecule has 82 valence electrons. The van der Waals surface area contributed by atoms with E-state index < -0.39 is 0 Å². The van der Waals surface area contributed by atoms with Crippen LogP contribution in [0.3, 0.4) is 0 Å². The molecule has 2 nitrogen and oxygen atoms in total. The summed E-state index contributed by atoms with van der Waals surface area (Å²) in [6.07, 6.45) is 4.90. The predicted molar refractivity (Wildman–Crippen MR) is 62.6 cm³/mol. The van der Waals surface area contributed by atoms with E-state index in [-0.39, 0.29) is 10.7 Å². The smallest absolute Gasteiger partial charge is 0.230 e. The van der Waals surface area contributed by atoms with E-state index in [0.717, 1.165) is 0 Å². The van der Waals surface area contributed by atoms with Gasteiger partial charge in [-0.2, -0.15) is 0 Å².